The van der Waals surface area contributed by atoms with Crippen LogP contribution in [0.3, 0.4) is 0 Å². The molecule has 0 radical (unpaired) electrons. The number of aliphatic hydroxyl groups is 1. The van der Waals surface area contributed by atoms with E-state index in [0.29, 0.717) is 12.1 Å². The standard InChI is InChI=1S/C15H24N2O/c1-12-4-6-14(7-5-12)17-10-13(2)16(3)15(11-17)8-9-18/h4-7,13,15,18H,8-11H2,1-3H3. The van der Waals surface area contributed by atoms with Gasteiger partial charge in [-0.05, 0) is 39.4 Å². The number of anilines is 1. The summed E-state index contributed by atoms with van der Waals surface area (Å²) in [4.78, 5) is 4.82. The van der Waals surface area contributed by atoms with Crippen molar-refractivity contribution in [1.82, 2.24) is 4.90 Å². The van der Waals surface area contributed by atoms with E-state index in [-0.39, 0.29) is 6.61 Å². The number of aryl methyl sites for hydroxylation is 1. The van der Waals surface area contributed by atoms with Crippen molar-refractivity contribution in [2.75, 3.05) is 31.6 Å². The molecule has 3 heteroatoms. The van der Waals surface area contributed by atoms with Gasteiger partial charge in [0.1, 0.15) is 0 Å². The van der Waals surface area contributed by atoms with Crippen LogP contribution in [-0.4, -0.2) is 48.8 Å². The highest BCUT2D eigenvalue weighted by molar-refractivity contribution is 5.48. The summed E-state index contributed by atoms with van der Waals surface area (Å²) in [6.07, 6.45) is 0.850. The Morgan fingerprint density at radius 2 is 1.89 bits per heavy atom. The van der Waals surface area contributed by atoms with Crippen molar-refractivity contribution < 1.29 is 5.11 Å². The quantitative estimate of drug-likeness (QED) is 0.885. The first-order chi connectivity index (χ1) is 8.61. The van der Waals surface area contributed by atoms with E-state index in [2.05, 4.69) is 55.0 Å². The summed E-state index contributed by atoms with van der Waals surface area (Å²) in [5.41, 5.74) is 2.59. The van der Waals surface area contributed by atoms with Gasteiger partial charge in [0.25, 0.3) is 0 Å². The molecule has 1 aromatic carbocycles. The molecule has 1 aliphatic heterocycles. The van der Waals surface area contributed by atoms with Gasteiger partial charge in [-0.15, -0.1) is 0 Å². The first-order valence-corrected chi connectivity index (χ1v) is 6.76. The lowest BCUT2D eigenvalue weighted by Gasteiger charge is -2.44. The lowest BCUT2D eigenvalue weighted by Crippen LogP contribution is -2.56. The van der Waals surface area contributed by atoms with Gasteiger partial charge in [-0.2, -0.15) is 0 Å². The number of rotatable bonds is 3. The highest BCUT2D eigenvalue weighted by atomic mass is 16.3. The van der Waals surface area contributed by atoms with Crippen molar-refractivity contribution in [2.24, 2.45) is 0 Å². The SMILES string of the molecule is Cc1ccc(N2CC(C)N(C)C(CCO)C2)cc1. The van der Waals surface area contributed by atoms with Gasteiger partial charge in [0.2, 0.25) is 0 Å². The van der Waals surface area contributed by atoms with Gasteiger partial charge < -0.3 is 10.0 Å². The third-order valence-corrected chi connectivity index (χ3v) is 4.05. The molecule has 1 aromatic rings. The van der Waals surface area contributed by atoms with E-state index >= 15 is 0 Å². The molecule has 1 saturated heterocycles. The van der Waals surface area contributed by atoms with Crippen molar-refractivity contribution in [3.63, 3.8) is 0 Å². The van der Waals surface area contributed by atoms with Gasteiger partial charge in [0.05, 0.1) is 0 Å². The summed E-state index contributed by atoms with van der Waals surface area (Å²) < 4.78 is 0. The normalized spacial score (nSPS) is 25.4. The van der Waals surface area contributed by atoms with E-state index in [0.717, 1.165) is 19.5 Å². The lowest BCUT2D eigenvalue weighted by atomic mass is 10.0. The summed E-state index contributed by atoms with van der Waals surface area (Å²) >= 11 is 0. The van der Waals surface area contributed by atoms with E-state index < -0.39 is 0 Å². The fourth-order valence-electron chi connectivity index (χ4n) is 2.68. The van der Waals surface area contributed by atoms with Crippen LogP contribution in [0, 0.1) is 6.92 Å². The van der Waals surface area contributed by atoms with E-state index in [9.17, 15) is 5.11 Å². The molecule has 1 aliphatic rings. The van der Waals surface area contributed by atoms with Gasteiger partial charge >= 0.3 is 0 Å². The average Bonchev–Trinajstić information content (AvgIpc) is 2.36. The van der Waals surface area contributed by atoms with E-state index in [1.807, 2.05) is 0 Å². The van der Waals surface area contributed by atoms with E-state index in [1.165, 1.54) is 11.3 Å². The molecule has 2 atom stereocenters. The van der Waals surface area contributed by atoms with Crippen LogP contribution in [0.15, 0.2) is 24.3 Å². The zero-order valence-corrected chi connectivity index (χ0v) is 11.6. The van der Waals surface area contributed by atoms with Gasteiger partial charge in [-0.25, -0.2) is 0 Å². The number of nitrogens with zero attached hydrogens (tertiary/aromatic N) is 2. The highest BCUT2D eigenvalue weighted by Crippen LogP contribution is 2.23. The lowest BCUT2D eigenvalue weighted by molar-refractivity contribution is 0.128. The van der Waals surface area contributed by atoms with Crippen molar-refractivity contribution in [2.45, 2.75) is 32.4 Å². The Morgan fingerprint density at radius 1 is 1.22 bits per heavy atom. The van der Waals surface area contributed by atoms with Crippen molar-refractivity contribution >= 4 is 5.69 Å². The first-order valence-electron chi connectivity index (χ1n) is 6.76. The highest BCUT2D eigenvalue weighted by Gasteiger charge is 2.28. The summed E-state index contributed by atoms with van der Waals surface area (Å²) in [6.45, 7) is 6.70. The Bertz CT molecular complexity index is 377. The molecular formula is C15H24N2O. The first kappa shape index (κ1) is 13.4. The molecule has 0 spiro atoms. The molecule has 2 unspecified atom stereocenters. The second-order valence-electron chi connectivity index (χ2n) is 5.42. The topological polar surface area (TPSA) is 26.7 Å². The fourth-order valence-corrected chi connectivity index (χ4v) is 2.68. The number of benzene rings is 1. The molecule has 1 N–H and O–H groups in total. The van der Waals surface area contributed by atoms with E-state index in [1.54, 1.807) is 0 Å². The number of hydrogen-bond acceptors (Lipinski definition) is 3. The maximum absolute atomic E-state index is 9.17. The summed E-state index contributed by atoms with van der Waals surface area (Å²) in [5.74, 6) is 0. The predicted molar refractivity (Wildman–Crippen MR) is 76.1 cm³/mol. The zero-order valence-electron chi connectivity index (χ0n) is 11.6. The van der Waals surface area contributed by atoms with Crippen LogP contribution in [0.2, 0.25) is 0 Å². The third kappa shape index (κ3) is 2.85. The monoisotopic (exact) mass is 248 g/mol. The van der Waals surface area contributed by atoms with Gasteiger partial charge in [0.15, 0.2) is 0 Å². The Balaban J connectivity index is 2.12. The minimum Gasteiger partial charge on any atom is -0.396 e. The van der Waals surface area contributed by atoms with Crippen LogP contribution in [0.1, 0.15) is 18.9 Å². The molecule has 0 bridgehead atoms. The maximum Gasteiger partial charge on any atom is 0.0446 e. The van der Waals surface area contributed by atoms with E-state index in [4.69, 9.17) is 0 Å². The molecule has 1 heterocycles. The second kappa shape index (κ2) is 5.72. The van der Waals surface area contributed by atoms with Crippen molar-refractivity contribution in [3.8, 4) is 0 Å². The number of piperazine rings is 1. The summed E-state index contributed by atoms with van der Waals surface area (Å²) in [5, 5.41) is 9.17. The molecule has 3 nitrogen and oxygen atoms in total. The van der Waals surface area contributed by atoms with Crippen LogP contribution < -0.4 is 4.90 Å². The number of likely N-dealkylation sites (N-methyl/N-ethyl adjacent to an activating group) is 1. The average molecular weight is 248 g/mol. The molecular weight excluding hydrogens is 224 g/mol. The molecule has 1 fully saturated rings. The van der Waals surface area contributed by atoms with Crippen molar-refractivity contribution in [3.05, 3.63) is 29.8 Å². The fraction of sp³-hybridized carbons (Fsp3) is 0.600. The predicted octanol–water partition coefficient (Wildman–Crippen LogP) is 1.89. The smallest absolute Gasteiger partial charge is 0.0446 e. The van der Waals surface area contributed by atoms with Gasteiger partial charge in [0, 0.05) is 37.5 Å². The van der Waals surface area contributed by atoms with Crippen LogP contribution in [0.5, 0.6) is 0 Å². The zero-order chi connectivity index (χ0) is 13.1. The van der Waals surface area contributed by atoms with Crippen LogP contribution >= 0.6 is 0 Å². The maximum atomic E-state index is 9.17. The largest absolute Gasteiger partial charge is 0.396 e. The Labute approximate surface area is 110 Å². The van der Waals surface area contributed by atoms with Crippen LogP contribution in [0.4, 0.5) is 5.69 Å². The Hall–Kier alpha value is -1.06. The molecule has 2 rings (SSSR count). The second-order valence-corrected chi connectivity index (χ2v) is 5.42. The summed E-state index contributed by atoms with van der Waals surface area (Å²) in [6, 6.07) is 9.70. The summed E-state index contributed by atoms with van der Waals surface area (Å²) in [7, 11) is 2.16. The molecule has 0 aliphatic carbocycles. The molecule has 0 saturated carbocycles. The molecule has 100 valence electrons. The van der Waals surface area contributed by atoms with Gasteiger partial charge in [-0.3, -0.25) is 4.90 Å². The Morgan fingerprint density at radius 3 is 2.50 bits per heavy atom. The minimum atomic E-state index is 0.267. The molecule has 0 amide bonds. The number of hydrogen-bond donors (Lipinski definition) is 1. The third-order valence-electron chi connectivity index (χ3n) is 4.05. The van der Waals surface area contributed by atoms with Crippen LogP contribution in [-0.2, 0) is 0 Å². The molecule has 0 aromatic heterocycles. The molecule has 18 heavy (non-hydrogen) atoms. The number of aliphatic hydroxyl groups excluding tert-OH is 1. The van der Waals surface area contributed by atoms with Crippen LogP contribution in [0.25, 0.3) is 0 Å². The minimum absolute atomic E-state index is 0.267. The van der Waals surface area contributed by atoms with Gasteiger partial charge in [-0.1, -0.05) is 17.7 Å². The van der Waals surface area contributed by atoms with Crippen molar-refractivity contribution in [1.29, 1.82) is 0 Å². The Kier molecular flexibility index (Phi) is 4.25.